The average Bonchev–Trinajstić information content (AvgIpc) is 3.37. The van der Waals surface area contributed by atoms with E-state index in [4.69, 9.17) is 10.2 Å². The standard InChI is InChI=1S/C14H12O2S.C14H12S.CH5P.Mo.3O/c1-9-5-3-7-11-12-8-4-6-10(2)14(12)17(15,16)13(9)11;1-9-5-3-7-11-12-8-4-6-10(2)14(12)15-13(9)11;1-2;;;;/h3-8H,1-2H3;3-8H,1-2H3;2H2,1H3;;;;. The fraction of sp³-hybridized carbons (Fsp3) is 0.172. The summed E-state index contributed by atoms with van der Waals surface area (Å²) in [6.45, 7) is 9.98. The Morgan fingerprint density at radius 1 is 0.579 bits per heavy atom. The third kappa shape index (κ3) is 5.92. The maximum atomic E-state index is 12.5. The molecule has 0 aliphatic carbocycles. The van der Waals surface area contributed by atoms with E-state index in [1.54, 1.807) is 0 Å². The van der Waals surface area contributed by atoms with E-state index in [1.807, 2.05) is 68.2 Å². The molecule has 6 rings (SSSR count). The zero-order valence-electron chi connectivity index (χ0n) is 21.8. The summed E-state index contributed by atoms with van der Waals surface area (Å²) in [6.07, 6.45) is 0. The van der Waals surface area contributed by atoms with Crippen molar-refractivity contribution in [3.8, 4) is 11.1 Å². The third-order valence-electron chi connectivity index (χ3n) is 6.17. The van der Waals surface area contributed by atoms with Crippen molar-refractivity contribution in [3.63, 3.8) is 0 Å². The molecule has 5 nitrogen and oxygen atoms in total. The molecule has 0 saturated carbocycles. The summed E-state index contributed by atoms with van der Waals surface area (Å²) in [4.78, 5) is 0.952. The fourth-order valence-corrected chi connectivity index (χ4v) is 8.01. The Labute approximate surface area is 235 Å². The zero-order valence-corrected chi connectivity index (χ0v) is 26.6. The van der Waals surface area contributed by atoms with Crippen LogP contribution < -0.4 is 0 Å². The van der Waals surface area contributed by atoms with Gasteiger partial charge in [-0.1, -0.05) is 79.5 Å². The number of thiophene rings is 1. The molecule has 5 aromatic rings. The van der Waals surface area contributed by atoms with Gasteiger partial charge in [0.1, 0.15) is 0 Å². The molecule has 38 heavy (non-hydrogen) atoms. The Morgan fingerprint density at radius 3 is 1.26 bits per heavy atom. The van der Waals surface area contributed by atoms with Crippen LogP contribution in [-0.4, -0.2) is 15.1 Å². The summed E-state index contributed by atoms with van der Waals surface area (Å²) in [5, 5.41) is 2.80. The summed E-state index contributed by atoms with van der Waals surface area (Å²) >= 11 is -2.19. The van der Waals surface area contributed by atoms with Crippen molar-refractivity contribution in [2.45, 2.75) is 37.5 Å². The number of hydrogen-bond donors (Lipinski definition) is 0. The monoisotopic (exact) mass is 650 g/mol. The molecule has 1 aromatic heterocycles. The molecule has 0 saturated heterocycles. The van der Waals surface area contributed by atoms with Crippen molar-refractivity contribution in [2.24, 2.45) is 0 Å². The normalized spacial score (nSPS) is 12.2. The summed E-state index contributed by atoms with van der Waals surface area (Å²) in [6, 6.07) is 24.4. The van der Waals surface area contributed by atoms with E-state index in [0.717, 1.165) is 22.3 Å². The van der Waals surface area contributed by atoms with E-state index in [-0.39, 0.29) is 0 Å². The second kappa shape index (κ2) is 12.6. The van der Waals surface area contributed by atoms with Crippen LogP contribution in [0.25, 0.3) is 31.3 Å². The van der Waals surface area contributed by atoms with Crippen LogP contribution in [0.2, 0.25) is 0 Å². The molecule has 0 fully saturated rings. The molecular weight excluding hydrogens is 619 g/mol. The van der Waals surface area contributed by atoms with Gasteiger partial charge in [0.2, 0.25) is 9.84 Å². The minimum atomic E-state index is -4.11. The van der Waals surface area contributed by atoms with Gasteiger partial charge in [-0.3, -0.25) is 0 Å². The Balaban J connectivity index is 0.000000176. The zero-order chi connectivity index (χ0) is 28.2. The molecule has 0 spiro atoms. The fourth-order valence-electron chi connectivity index (χ4n) is 4.65. The number of sulfone groups is 1. The summed E-state index contributed by atoms with van der Waals surface area (Å²) < 4.78 is 53.7. The summed E-state index contributed by atoms with van der Waals surface area (Å²) in [5.74, 6) is 0. The Kier molecular flexibility index (Phi) is 10.00. The Bertz CT molecular complexity index is 1740. The van der Waals surface area contributed by atoms with E-state index < -0.39 is 27.0 Å². The second-order valence-corrected chi connectivity index (χ2v) is 12.5. The van der Waals surface area contributed by atoms with Gasteiger partial charge in [-0.2, -0.15) is 0 Å². The predicted octanol–water partition coefficient (Wildman–Crippen LogP) is 7.92. The number of aryl methyl sites for hydroxylation is 4. The van der Waals surface area contributed by atoms with E-state index in [0.29, 0.717) is 9.79 Å². The molecule has 0 bridgehead atoms. The van der Waals surface area contributed by atoms with Crippen LogP contribution in [0.5, 0.6) is 0 Å². The Morgan fingerprint density at radius 2 is 0.895 bits per heavy atom. The van der Waals surface area contributed by atoms with Gasteiger partial charge < -0.3 is 0 Å². The maximum absolute atomic E-state index is 12.5. The second-order valence-electron chi connectivity index (χ2n) is 8.62. The van der Waals surface area contributed by atoms with E-state index >= 15 is 0 Å². The summed E-state index contributed by atoms with van der Waals surface area (Å²) in [7, 11) is -0.910. The van der Waals surface area contributed by atoms with Crippen molar-refractivity contribution < 1.29 is 35.8 Å². The van der Waals surface area contributed by atoms with Crippen LogP contribution in [0, 0.1) is 27.7 Å². The van der Waals surface area contributed by atoms with Gasteiger partial charge in [-0.25, -0.2) is 8.42 Å². The van der Waals surface area contributed by atoms with Crippen LogP contribution in [0.1, 0.15) is 22.3 Å². The van der Waals surface area contributed by atoms with Gasteiger partial charge in [0.25, 0.3) is 0 Å². The SMILES string of the molecule is CP.Cc1cccc2c1S(=O)(=O)c1c(C)cccc1-2.Cc1cccc2c1sc1c(C)cccc12.[O]=[Mo](=[O])=[O]. The minimum absolute atomic E-state index is 0.476. The van der Waals surface area contributed by atoms with Crippen LogP contribution >= 0.6 is 20.6 Å². The van der Waals surface area contributed by atoms with Crippen molar-refractivity contribution in [3.05, 3.63) is 95.1 Å². The Hall–Kier alpha value is -2.43. The van der Waals surface area contributed by atoms with Crippen LogP contribution in [0.3, 0.4) is 0 Å². The predicted molar refractivity (Wildman–Crippen MR) is 153 cm³/mol. The van der Waals surface area contributed by atoms with Crippen molar-refractivity contribution in [1.82, 2.24) is 0 Å². The molecule has 198 valence electrons. The van der Waals surface area contributed by atoms with Gasteiger partial charge in [0.05, 0.1) is 9.79 Å². The molecule has 9 heteroatoms. The summed E-state index contributed by atoms with van der Waals surface area (Å²) in [5.41, 5.74) is 6.07. The van der Waals surface area contributed by atoms with Crippen molar-refractivity contribution in [1.29, 1.82) is 0 Å². The first-order valence-corrected chi connectivity index (χ1v) is 17.6. The van der Waals surface area contributed by atoms with E-state index in [2.05, 4.69) is 59.5 Å². The number of benzene rings is 4. The van der Waals surface area contributed by atoms with Gasteiger partial charge in [0, 0.05) is 31.3 Å². The molecule has 4 aromatic carbocycles. The van der Waals surface area contributed by atoms with Gasteiger partial charge in [-0.15, -0.1) is 20.6 Å². The third-order valence-corrected chi connectivity index (χ3v) is 9.82. The first-order chi connectivity index (χ1) is 18.0. The first-order valence-electron chi connectivity index (χ1n) is 11.7. The molecule has 2 heterocycles. The molecule has 0 amide bonds. The van der Waals surface area contributed by atoms with E-state index in [1.165, 1.54) is 31.3 Å². The first kappa shape index (κ1) is 30.1. The van der Waals surface area contributed by atoms with E-state index in [9.17, 15) is 8.42 Å². The van der Waals surface area contributed by atoms with Gasteiger partial charge in [0.15, 0.2) is 0 Å². The molecule has 1 aliphatic heterocycles. The molecular formula is C29H29MoO5PS2. The van der Waals surface area contributed by atoms with Crippen molar-refractivity contribution in [2.75, 3.05) is 6.66 Å². The molecule has 1 aliphatic rings. The number of rotatable bonds is 0. The van der Waals surface area contributed by atoms with Crippen LogP contribution in [0.4, 0.5) is 0 Å². The number of fused-ring (bicyclic) bond motifs is 6. The van der Waals surface area contributed by atoms with Gasteiger partial charge in [-0.05, 0) is 49.9 Å². The molecule has 0 radical (unpaired) electrons. The van der Waals surface area contributed by atoms with Gasteiger partial charge >= 0.3 is 27.4 Å². The quantitative estimate of drug-likeness (QED) is 0.123. The van der Waals surface area contributed by atoms with Crippen LogP contribution in [-0.2, 0) is 37.2 Å². The molecule has 1 unspecified atom stereocenters. The molecule has 0 N–H and O–H groups in total. The average molecular weight is 649 g/mol. The topological polar surface area (TPSA) is 85.3 Å². The number of hydrogen-bond acceptors (Lipinski definition) is 6. The molecule has 1 atom stereocenters. The van der Waals surface area contributed by atoms with Crippen LogP contribution in [0.15, 0.2) is 82.6 Å². The van der Waals surface area contributed by atoms with Crippen molar-refractivity contribution >= 4 is 50.6 Å².